The van der Waals surface area contributed by atoms with Gasteiger partial charge in [-0.1, -0.05) is 35.2 Å². The van der Waals surface area contributed by atoms with Gasteiger partial charge in [0.25, 0.3) is 11.6 Å². The maximum Gasteiger partial charge on any atom is 0.271 e. The zero-order valence-electron chi connectivity index (χ0n) is 14.8. The summed E-state index contributed by atoms with van der Waals surface area (Å²) in [5.74, 6) is -3.54. The minimum Gasteiger partial charge on any atom is -0.325 e. The number of anilines is 2. The number of hydrogen-bond donors (Lipinski definition) is 2. The zero-order chi connectivity index (χ0) is 21.7. The number of non-ortho nitro benzene ring substituents is 1. The van der Waals surface area contributed by atoms with Gasteiger partial charge in [0, 0.05) is 17.8 Å². The first-order valence-electron chi connectivity index (χ1n) is 8.09. The lowest BCUT2D eigenvalue weighted by Crippen LogP contribution is -2.15. The van der Waals surface area contributed by atoms with E-state index in [0.717, 1.165) is 41.3 Å². The predicted molar refractivity (Wildman–Crippen MR) is 107 cm³/mol. The number of nitrogens with one attached hydrogen (secondary N) is 2. The van der Waals surface area contributed by atoms with Crippen molar-refractivity contribution in [3.8, 4) is 0 Å². The Bertz CT molecular complexity index is 1100. The van der Waals surface area contributed by atoms with Gasteiger partial charge in [-0.3, -0.25) is 25.0 Å². The van der Waals surface area contributed by atoms with Crippen LogP contribution in [0.2, 0.25) is 0 Å². The van der Waals surface area contributed by atoms with Gasteiger partial charge >= 0.3 is 0 Å². The second-order valence-corrected chi connectivity index (χ2v) is 7.77. The number of halogens is 2. The molecule has 0 saturated carbocycles. The molecule has 2 amide bonds. The van der Waals surface area contributed by atoms with Crippen molar-refractivity contribution >= 4 is 51.4 Å². The van der Waals surface area contributed by atoms with E-state index in [2.05, 4.69) is 20.8 Å². The van der Waals surface area contributed by atoms with Crippen LogP contribution in [-0.4, -0.2) is 32.7 Å². The Morgan fingerprint density at radius 2 is 1.80 bits per heavy atom. The van der Waals surface area contributed by atoms with Crippen molar-refractivity contribution in [1.82, 2.24) is 10.2 Å². The highest BCUT2D eigenvalue weighted by Crippen LogP contribution is 2.26. The van der Waals surface area contributed by atoms with Crippen LogP contribution in [-0.2, 0) is 4.79 Å². The van der Waals surface area contributed by atoms with Gasteiger partial charge < -0.3 is 5.32 Å². The largest absolute Gasteiger partial charge is 0.325 e. The van der Waals surface area contributed by atoms with E-state index in [1.807, 2.05) is 0 Å². The quantitative estimate of drug-likeness (QED) is 0.243. The van der Waals surface area contributed by atoms with Crippen LogP contribution in [0.5, 0.6) is 0 Å². The molecule has 0 aliphatic carbocycles. The van der Waals surface area contributed by atoms with E-state index in [1.54, 1.807) is 0 Å². The van der Waals surface area contributed by atoms with Crippen molar-refractivity contribution < 1.29 is 23.3 Å². The standard InChI is InChI=1S/C17H11F2N5O4S2/c18-11-5-2-6-12(19)14(11)15(26)21-16-22-23-17(30-16)29-8-13(25)20-9-3-1-4-10(7-9)24(27)28/h1-7H,8H2,(H,20,25)(H,21,22,26). The third-order valence-corrected chi connectivity index (χ3v) is 5.46. The lowest BCUT2D eigenvalue weighted by molar-refractivity contribution is -0.384. The number of thioether (sulfide) groups is 1. The van der Waals surface area contributed by atoms with Crippen LogP contribution >= 0.6 is 23.1 Å². The van der Waals surface area contributed by atoms with Crippen LogP contribution in [0.3, 0.4) is 0 Å². The molecule has 0 aliphatic rings. The molecule has 3 aromatic rings. The topological polar surface area (TPSA) is 127 Å². The summed E-state index contributed by atoms with van der Waals surface area (Å²) in [6.45, 7) is 0. The van der Waals surface area contributed by atoms with Crippen molar-refractivity contribution in [3.63, 3.8) is 0 Å². The number of carbonyl (C=O) groups is 2. The van der Waals surface area contributed by atoms with Crippen LogP contribution in [0.1, 0.15) is 10.4 Å². The van der Waals surface area contributed by atoms with Crippen molar-refractivity contribution in [3.05, 3.63) is 69.8 Å². The summed E-state index contributed by atoms with van der Waals surface area (Å²) < 4.78 is 27.6. The molecular formula is C17H11F2N5O4S2. The van der Waals surface area contributed by atoms with Crippen LogP contribution in [0.15, 0.2) is 46.8 Å². The van der Waals surface area contributed by atoms with Gasteiger partial charge in [-0.25, -0.2) is 8.78 Å². The molecule has 13 heteroatoms. The fraction of sp³-hybridized carbons (Fsp3) is 0.0588. The number of benzene rings is 2. The number of carbonyl (C=O) groups excluding carboxylic acids is 2. The van der Waals surface area contributed by atoms with E-state index in [-0.39, 0.29) is 22.3 Å². The Morgan fingerprint density at radius 1 is 1.10 bits per heavy atom. The van der Waals surface area contributed by atoms with Crippen molar-refractivity contribution in [2.75, 3.05) is 16.4 Å². The molecule has 30 heavy (non-hydrogen) atoms. The van der Waals surface area contributed by atoms with Gasteiger partial charge in [-0.2, -0.15) is 0 Å². The normalized spacial score (nSPS) is 10.5. The summed E-state index contributed by atoms with van der Waals surface area (Å²) in [4.78, 5) is 34.2. The number of nitrogens with zero attached hydrogens (tertiary/aromatic N) is 3. The number of aromatic nitrogens is 2. The van der Waals surface area contributed by atoms with E-state index in [4.69, 9.17) is 0 Å². The molecule has 0 bridgehead atoms. The smallest absolute Gasteiger partial charge is 0.271 e. The maximum absolute atomic E-state index is 13.6. The molecule has 154 valence electrons. The summed E-state index contributed by atoms with van der Waals surface area (Å²) in [7, 11) is 0. The minimum absolute atomic E-state index is 0.00393. The van der Waals surface area contributed by atoms with Crippen molar-refractivity contribution in [2.45, 2.75) is 4.34 Å². The molecule has 3 rings (SSSR count). The fourth-order valence-electron chi connectivity index (χ4n) is 2.21. The molecule has 9 nitrogen and oxygen atoms in total. The maximum atomic E-state index is 13.6. The van der Waals surface area contributed by atoms with Gasteiger partial charge in [-0.15, -0.1) is 10.2 Å². The molecule has 0 unspecified atom stereocenters. The Balaban J connectivity index is 1.55. The highest BCUT2D eigenvalue weighted by molar-refractivity contribution is 8.01. The highest BCUT2D eigenvalue weighted by Gasteiger charge is 2.19. The summed E-state index contributed by atoms with van der Waals surface area (Å²) in [5, 5.41) is 23.0. The van der Waals surface area contributed by atoms with Gasteiger partial charge in [0.05, 0.1) is 10.7 Å². The molecule has 2 N–H and O–H groups in total. The zero-order valence-corrected chi connectivity index (χ0v) is 16.4. The lowest BCUT2D eigenvalue weighted by Gasteiger charge is -2.04. The molecule has 0 spiro atoms. The summed E-state index contributed by atoms with van der Waals surface area (Å²) in [6.07, 6.45) is 0. The molecule has 0 aliphatic heterocycles. The van der Waals surface area contributed by atoms with Crippen molar-refractivity contribution in [1.29, 1.82) is 0 Å². The number of amides is 2. The summed E-state index contributed by atoms with van der Waals surface area (Å²) in [6, 6.07) is 8.53. The molecular weight excluding hydrogens is 440 g/mol. The molecule has 0 atom stereocenters. The van der Waals surface area contributed by atoms with Crippen LogP contribution in [0.4, 0.5) is 25.3 Å². The SMILES string of the molecule is O=C(CSc1nnc(NC(=O)c2c(F)cccc2F)s1)Nc1cccc([N+](=O)[O-])c1. The Morgan fingerprint density at radius 3 is 2.50 bits per heavy atom. The second kappa shape index (κ2) is 9.37. The summed E-state index contributed by atoms with van der Waals surface area (Å²) in [5.41, 5.74) is -0.624. The van der Waals surface area contributed by atoms with Gasteiger partial charge in [0.1, 0.15) is 17.2 Å². The number of hydrogen-bond acceptors (Lipinski definition) is 8. The number of nitro benzene ring substituents is 1. The van der Waals surface area contributed by atoms with Gasteiger partial charge in [-0.05, 0) is 18.2 Å². The second-order valence-electron chi connectivity index (χ2n) is 5.57. The first-order chi connectivity index (χ1) is 14.3. The third-order valence-electron chi connectivity index (χ3n) is 3.48. The Hall–Kier alpha value is -3.45. The minimum atomic E-state index is -1.01. The average Bonchev–Trinajstić information content (AvgIpc) is 3.13. The molecule has 0 radical (unpaired) electrons. The molecule has 1 heterocycles. The monoisotopic (exact) mass is 451 g/mol. The number of rotatable bonds is 7. The van der Waals surface area contributed by atoms with Crippen LogP contribution in [0.25, 0.3) is 0 Å². The first-order valence-corrected chi connectivity index (χ1v) is 9.89. The van der Waals surface area contributed by atoms with Crippen LogP contribution in [0, 0.1) is 21.7 Å². The molecule has 0 saturated heterocycles. The van der Waals surface area contributed by atoms with E-state index in [9.17, 15) is 28.5 Å². The number of nitro groups is 1. The van der Waals surface area contributed by atoms with Gasteiger partial charge in [0.15, 0.2) is 4.34 Å². The van der Waals surface area contributed by atoms with Crippen molar-refractivity contribution in [2.24, 2.45) is 0 Å². The molecule has 1 aromatic heterocycles. The fourth-order valence-corrected chi connectivity index (χ4v) is 3.76. The Kier molecular flexibility index (Phi) is 6.64. The lowest BCUT2D eigenvalue weighted by atomic mass is 10.2. The average molecular weight is 451 g/mol. The highest BCUT2D eigenvalue weighted by atomic mass is 32.2. The Labute approximate surface area is 175 Å². The predicted octanol–water partition coefficient (Wildman–Crippen LogP) is 3.71. The van der Waals surface area contributed by atoms with Crippen LogP contribution < -0.4 is 10.6 Å². The third kappa shape index (κ3) is 5.33. The first kappa shape index (κ1) is 21.3. The molecule has 0 fully saturated rings. The van der Waals surface area contributed by atoms with E-state index in [0.29, 0.717) is 4.34 Å². The molecule has 2 aromatic carbocycles. The van der Waals surface area contributed by atoms with E-state index in [1.165, 1.54) is 24.3 Å². The summed E-state index contributed by atoms with van der Waals surface area (Å²) >= 11 is 1.92. The van der Waals surface area contributed by atoms with E-state index >= 15 is 0 Å². The van der Waals surface area contributed by atoms with E-state index < -0.39 is 33.9 Å². The van der Waals surface area contributed by atoms with Gasteiger partial charge in [0.2, 0.25) is 11.0 Å².